The molecule has 0 aromatic heterocycles. The van der Waals surface area contributed by atoms with Gasteiger partial charge in [-0.2, -0.15) is 0 Å². The topological polar surface area (TPSA) is 87.7 Å². The van der Waals surface area contributed by atoms with Gasteiger partial charge in [-0.15, -0.1) is 0 Å². The van der Waals surface area contributed by atoms with Crippen LogP contribution in [0.1, 0.15) is 6.42 Å². The Morgan fingerprint density at radius 3 is 1.96 bits per heavy atom. The molecule has 0 amide bonds. The second-order valence-electron chi connectivity index (χ2n) is 4.55. The Hall–Kier alpha value is -0.384. The van der Waals surface area contributed by atoms with Crippen LogP contribution in [-0.4, -0.2) is 104 Å². The van der Waals surface area contributed by atoms with Crippen molar-refractivity contribution in [1.82, 2.24) is 0 Å². The fourth-order valence-electron chi connectivity index (χ4n) is 1.79. The molecular weight excluding hydrogens is 346 g/mol. The maximum atomic E-state index is 12.0. The van der Waals surface area contributed by atoms with Crippen molar-refractivity contribution in [2.75, 3.05) is 10.8 Å². The molecule has 0 radical (unpaired) electrons. The Kier molecular flexibility index (Phi) is 12.7. The first-order valence-corrected chi connectivity index (χ1v) is 6.70. The normalized spacial score (nSPS) is 10.3. The van der Waals surface area contributed by atoms with Gasteiger partial charge < -0.3 is 15.3 Å². The van der Waals surface area contributed by atoms with Gasteiger partial charge in [-0.3, -0.25) is 4.79 Å². The second kappa shape index (κ2) is 12.9. The van der Waals surface area contributed by atoms with Crippen molar-refractivity contribution >= 4 is 104 Å². The van der Waals surface area contributed by atoms with Crippen LogP contribution in [0.3, 0.4) is 0 Å². The van der Waals surface area contributed by atoms with E-state index < -0.39 is 18.0 Å². The summed E-state index contributed by atoms with van der Waals surface area (Å²) in [7, 11) is 0. The monoisotopic (exact) mass is 364 g/mol. The first kappa shape index (κ1) is 23.6. The van der Waals surface area contributed by atoms with Gasteiger partial charge in [0.2, 0.25) is 0 Å². The third-order valence-corrected chi connectivity index (χ3v) is 2.82. The van der Waals surface area contributed by atoms with E-state index >= 15 is 0 Å². The molecule has 3 N–H and O–H groups in total. The van der Waals surface area contributed by atoms with E-state index in [1.165, 1.54) is 0 Å². The quantitative estimate of drug-likeness (QED) is 0.506. The van der Waals surface area contributed by atoms with Crippen molar-refractivity contribution in [2.45, 2.75) is 12.5 Å². The van der Waals surface area contributed by atoms with Gasteiger partial charge in [-0.05, 0) is 24.3 Å². The van der Waals surface area contributed by atoms with Crippen molar-refractivity contribution in [1.29, 1.82) is 0 Å². The van der Waals surface area contributed by atoms with Crippen LogP contribution in [0, 0.1) is 0 Å². The van der Waals surface area contributed by atoms with Crippen LogP contribution in [0.15, 0.2) is 60.7 Å². The molecule has 118 valence electrons. The van der Waals surface area contributed by atoms with E-state index in [-0.39, 0.29) is 87.4 Å². The summed E-state index contributed by atoms with van der Waals surface area (Å²) in [6.45, 7) is 0. The Morgan fingerprint density at radius 1 is 0.958 bits per heavy atom. The molecule has 1 unspecified atom stereocenters. The number of rotatable bonds is 7. The third-order valence-electron chi connectivity index (χ3n) is 2.82. The predicted molar refractivity (Wildman–Crippen MR) is 96.6 cm³/mol. The molecule has 2 aromatic carbocycles. The molecule has 0 heterocycles. The van der Waals surface area contributed by atoms with Crippen molar-refractivity contribution in [3.05, 3.63) is 60.7 Å². The molecule has 2 rings (SSSR count). The SMILES string of the molecule is O=C(O)CC(Nc1ccccc1)C(=O)ONc1ccccc1.[KH].[NaH]. The number of carbonyl (C=O) groups is 2. The van der Waals surface area contributed by atoms with Gasteiger partial charge in [0.15, 0.2) is 0 Å². The van der Waals surface area contributed by atoms with Crippen LogP contribution in [0.2, 0.25) is 0 Å². The van der Waals surface area contributed by atoms with Gasteiger partial charge in [0.05, 0.1) is 12.1 Å². The Labute approximate surface area is 205 Å². The molecule has 1 atom stereocenters. The number of nitrogens with one attached hydrogen (secondary N) is 2. The van der Waals surface area contributed by atoms with Crippen LogP contribution in [0.4, 0.5) is 11.4 Å². The average Bonchev–Trinajstić information content (AvgIpc) is 2.53. The summed E-state index contributed by atoms with van der Waals surface area (Å²) in [6, 6.07) is 16.7. The number of aliphatic carboxylic acids is 1. The number of hydrogen-bond donors (Lipinski definition) is 3. The Morgan fingerprint density at radius 2 is 1.46 bits per heavy atom. The van der Waals surface area contributed by atoms with E-state index in [4.69, 9.17) is 9.94 Å². The zero-order chi connectivity index (χ0) is 15.8. The van der Waals surface area contributed by atoms with E-state index in [9.17, 15) is 9.59 Å². The van der Waals surface area contributed by atoms with E-state index in [0.717, 1.165) is 0 Å². The van der Waals surface area contributed by atoms with Gasteiger partial charge in [0.25, 0.3) is 0 Å². The van der Waals surface area contributed by atoms with Crippen molar-refractivity contribution in [2.24, 2.45) is 0 Å². The van der Waals surface area contributed by atoms with Gasteiger partial charge >= 0.3 is 92.9 Å². The number of carboxylic acids is 1. The molecule has 0 bridgehead atoms. The zero-order valence-electron chi connectivity index (χ0n) is 11.7. The van der Waals surface area contributed by atoms with E-state index in [1.54, 1.807) is 48.5 Å². The molecule has 0 spiro atoms. The van der Waals surface area contributed by atoms with Crippen molar-refractivity contribution < 1.29 is 19.5 Å². The first-order chi connectivity index (χ1) is 10.6. The summed E-state index contributed by atoms with van der Waals surface area (Å²) in [6.07, 6.45) is -0.385. The molecule has 0 saturated heterocycles. The van der Waals surface area contributed by atoms with Gasteiger partial charge in [0, 0.05) is 5.69 Å². The molecule has 8 heteroatoms. The molecule has 6 nitrogen and oxygen atoms in total. The van der Waals surface area contributed by atoms with Crippen LogP contribution in [0.5, 0.6) is 0 Å². The summed E-state index contributed by atoms with van der Waals surface area (Å²) >= 11 is 0. The number of hydrogen-bond acceptors (Lipinski definition) is 5. The summed E-state index contributed by atoms with van der Waals surface area (Å²) in [5.41, 5.74) is 3.75. The van der Waals surface area contributed by atoms with Crippen molar-refractivity contribution in [3.8, 4) is 0 Å². The number of anilines is 2. The average molecular weight is 364 g/mol. The molecular formula is C16H18KN2NaO4. The third kappa shape index (κ3) is 8.64. The molecule has 0 aliphatic carbocycles. The standard InChI is InChI=1S/C16H16N2O4.K.Na.2H/c19-15(20)11-14(17-12-7-3-1-4-8-12)16(21)22-18-13-9-5-2-6-10-13;;;;/h1-10,14,17-18H,11H2,(H,19,20);;;;. The van der Waals surface area contributed by atoms with Crippen molar-refractivity contribution in [3.63, 3.8) is 0 Å². The molecule has 2 aromatic rings. The number of benzene rings is 2. The van der Waals surface area contributed by atoms with E-state index in [0.29, 0.717) is 11.4 Å². The Bertz CT molecular complexity index is 628. The Balaban J connectivity index is 0.00000264. The zero-order valence-corrected chi connectivity index (χ0v) is 11.7. The minimum atomic E-state index is -1.09. The minimum absolute atomic E-state index is 0. The van der Waals surface area contributed by atoms with Gasteiger partial charge in [0.1, 0.15) is 6.04 Å². The summed E-state index contributed by atoms with van der Waals surface area (Å²) in [5.74, 6) is -1.79. The van der Waals surface area contributed by atoms with Gasteiger partial charge in [-0.1, -0.05) is 36.4 Å². The molecule has 0 aliphatic heterocycles. The summed E-state index contributed by atoms with van der Waals surface area (Å²) in [5, 5.41) is 11.8. The van der Waals surface area contributed by atoms with E-state index in [1.807, 2.05) is 12.1 Å². The van der Waals surface area contributed by atoms with Crippen LogP contribution in [-0.2, 0) is 14.4 Å². The molecule has 24 heavy (non-hydrogen) atoms. The number of para-hydroxylation sites is 2. The van der Waals surface area contributed by atoms with E-state index in [2.05, 4.69) is 10.8 Å². The summed E-state index contributed by atoms with van der Waals surface area (Å²) in [4.78, 5) is 27.9. The molecule has 0 saturated carbocycles. The fraction of sp³-hybridized carbons (Fsp3) is 0.125. The summed E-state index contributed by atoms with van der Waals surface area (Å²) < 4.78 is 0. The van der Waals surface area contributed by atoms with Gasteiger partial charge in [-0.25, -0.2) is 10.3 Å². The molecule has 0 aliphatic rings. The van der Waals surface area contributed by atoms with Crippen LogP contribution in [0.25, 0.3) is 0 Å². The van der Waals surface area contributed by atoms with Crippen LogP contribution >= 0.6 is 0 Å². The maximum absolute atomic E-state index is 12.0. The van der Waals surface area contributed by atoms with Crippen LogP contribution < -0.4 is 10.8 Å². The molecule has 0 fully saturated rings. The first-order valence-electron chi connectivity index (χ1n) is 6.70. The fourth-order valence-corrected chi connectivity index (χ4v) is 1.79. The second-order valence-corrected chi connectivity index (χ2v) is 4.55. The predicted octanol–water partition coefficient (Wildman–Crippen LogP) is 1.22. The number of carboxylic acid groups (broad SMARTS) is 1. The number of carbonyl (C=O) groups excluding carboxylic acids is 1.